The molecule has 0 saturated carbocycles. The average molecular weight is 300 g/mol. The third kappa shape index (κ3) is 4.44. The number of benzene rings is 1. The van der Waals surface area contributed by atoms with Crippen molar-refractivity contribution in [3.05, 3.63) is 42.4 Å². The van der Waals surface area contributed by atoms with E-state index in [9.17, 15) is 4.79 Å². The molecule has 116 valence electrons. The molecule has 0 fully saturated rings. The van der Waals surface area contributed by atoms with E-state index in [4.69, 9.17) is 4.74 Å². The predicted octanol–water partition coefficient (Wildman–Crippen LogP) is 2.61. The Morgan fingerprint density at radius 2 is 1.95 bits per heavy atom. The number of aromatic nitrogens is 2. The van der Waals surface area contributed by atoms with Crippen LogP contribution < -0.4 is 15.4 Å². The van der Waals surface area contributed by atoms with Crippen LogP contribution in [0.4, 0.5) is 11.5 Å². The Hall–Kier alpha value is -2.63. The van der Waals surface area contributed by atoms with E-state index in [2.05, 4.69) is 20.6 Å². The molecule has 22 heavy (non-hydrogen) atoms. The van der Waals surface area contributed by atoms with Gasteiger partial charge in [-0.15, -0.1) is 0 Å². The van der Waals surface area contributed by atoms with Crippen LogP contribution >= 0.6 is 0 Å². The van der Waals surface area contributed by atoms with Gasteiger partial charge in [-0.05, 0) is 30.2 Å². The van der Waals surface area contributed by atoms with Gasteiger partial charge in [0.05, 0.1) is 7.11 Å². The third-order valence-electron chi connectivity index (χ3n) is 2.93. The minimum atomic E-state index is -0.200. The largest absolute Gasteiger partial charge is 0.497 e. The Labute approximate surface area is 129 Å². The van der Waals surface area contributed by atoms with Crippen LogP contribution in [0.25, 0.3) is 0 Å². The first-order chi connectivity index (χ1) is 10.6. The molecule has 0 unspecified atom stereocenters. The quantitative estimate of drug-likeness (QED) is 0.857. The lowest BCUT2D eigenvalue weighted by Crippen LogP contribution is -2.28. The summed E-state index contributed by atoms with van der Waals surface area (Å²) in [5, 5.41) is 5.96. The summed E-state index contributed by atoms with van der Waals surface area (Å²) in [6.07, 6.45) is 1.37. The first-order valence-corrected chi connectivity index (χ1v) is 7.10. The first kappa shape index (κ1) is 15.8. The number of carbonyl (C=O) groups excluding carboxylic acids is 1. The van der Waals surface area contributed by atoms with E-state index in [0.29, 0.717) is 24.0 Å². The highest BCUT2D eigenvalue weighted by Gasteiger charge is 2.09. The summed E-state index contributed by atoms with van der Waals surface area (Å²) in [4.78, 5) is 20.1. The third-order valence-corrected chi connectivity index (χ3v) is 2.93. The second-order valence-corrected chi connectivity index (χ2v) is 5.25. The van der Waals surface area contributed by atoms with Crippen LogP contribution in [-0.2, 0) is 0 Å². The van der Waals surface area contributed by atoms with Crippen LogP contribution in [0.3, 0.4) is 0 Å². The molecule has 1 amide bonds. The van der Waals surface area contributed by atoms with Gasteiger partial charge >= 0.3 is 0 Å². The SMILES string of the molecule is COc1ccc(Nc2cc(C(=O)NCC(C)C)ncn2)cc1. The molecule has 2 N–H and O–H groups in total. The highest BCUT2D eigenvalue weighted by Crippen LogP contribution is 2.18. The van der Waals surface area contributed by atoms with Crippen LogP contribution in [0.15, 0.2) is 36.7 Å². The van der Waals surface area contributed by atoms with Crippen molar-refractivity contribution in [2.45, 2.75) is 13.8 Å². The maximum Gasteiger partial charge on any atom is 0.270 e. The Bertz CT molecular complexity index is 626. The number of carbonyl (C=O) groups is 1. The molecule has 6 nitrogen and oxygen atoms in total. The van der Waals surface area contributed by atoms with Gasteiger partial charge < -0.3 is 15.4 Å². The second kappa shape index (κ2) is 7.40. The molecule has 0 bridgehead atoms. The lowest BCUT2D eigenvalue weighted by Gasteiger charge is -2.09. The number of nitrogens with zero attached hydrogens (tertiary/aromatic N) is 2. The summed E-state index contributed by atoms with van der Waals surface area (Å²) in [5.74, 6) is 1.54. The van der Waals surface area contributed by atoms with Crippen LogP contribution in [0.5, 0.6) is 5.75 Å². The number of hydrogen-bond donors (Lipinski definition) is 2. The molecule has 1 heterocycles. The Kier molecular flexibility index (Phi) is 5.30. The van der Waals surface area contributed by atoms with E-state index >= 15 is 0 Å². The van der Waals surface area contributed by atoms with E-state index in [1.165, 1.54) is 6.33 Å². The minimum Gasteiger partial charge on any atom is -0.497 e. The lowest BCUT2D eigenvalue weighted by atomic mass is 10.2. The molecule has 0 atom stereocenters. The summed E-state index contributed by atoms with van der Waals surface area (Å²) in [5.41, 5.74) is 1.19. The van der Waals surface area contributed by atoms with Gasteiger partial charge in [0.2, 0.25) is 0 Å². The molecule has 0 aliphatic rings. The standard InChI is InChI=1S/C16H20N4O2/c1-11(2)9-17-16(21)14-8-15(19-10-18-14)20-12-4-6-13(22-3)7-5-12/h4-8,10-11H,9H2,1-3H3,(H,17,21)(H,18,19,20). The summed E-state index contributed by atoms with van der Waals surface area (Å²) in [6.45, 7) is 4.69. The molecular formula is C16H20N4O2. The summed E-state index contributed by atoms with van der Waals surface area (Å²) in [7, 11) is 1.62. The van der Waals surface area contributed by atoms with E-state index in [-0.39, 0.29) is 5.91 Å². The predicted molar refractivity (Wildman–Crippen MR) is 85.5 cm³/mol. The maximum atomic E-state index is 12.0. The topological polar surface area (TPSA) is 76.1 Å². The van der Waals surface area contributed by atoms with Crippen molar-refractivity contribution in [2.75, 3.05) is 19.0 Å². The summed E-state index contributed by atoms with van der Waals surface area (Å²) < 4.78 is 5.11. The molecule has 0 saturated heterocycles. The summed E-state index contributed by atoms with van der Waals surface area (Å²) >= 11 is 0. The van der Waals surface area contributed by atoms with Gasteiger partial charge in [-0.3, -0.25) is 4.79 Å². The number of amides is 1. The van der Waals surface area contributed by atoms with Crippen molar-refractivity contribution in [1.82, 2.24) is 15.3 Å². The van der Waals surface area contributed by atoms with E-state index in [0.717, 1.165) is 11.4 Å². The van der Waals surface area contributed by atoms with E-state index in [1.54, 1.807) is 13.2 Å². The minimum absolute atomic E-state index is 0.200. The molecule has 2 aromatic rings. The number of methoxy groups -OCH3 is 1. The van der Waals surface area contributed by atoms with Crippen molar-refractivity contribution in [3.63, 3.8) is 0 Å². The molecule has 0 spiro atoms. The number of anilines is 2. The smallest absolute Gasteiger partial charge is 0.270 e. The van der Waals surface area contributed by atoms with Crippen molar-refractivity contribution < 1.29 is 9.53 Å². The van der Waals surface area contributed by atoms with Crippen LogP contribution in [0.2, 0.25) is 0 Å². The monoisotopic (exact) mass is 300 g/mol. The van der Waals surface area contributed by atoms with Crippen LogP contribution in [0, 0.1) is 5.92 Å². The van der Waals surface area contributed by atoms with Gasteiger partial charge in [0.15, 0.2) is 0 Å². The highest BCUT2D eigenvalue weighted by molar-refractivity contribution is 5.92. The first-order valence-electron chi connectivity index (χ1n) is 7.10. The van der Waals surface area contributed by atoms with Gasteiger partial charge in [0.25, 0.3) is 5.91 Å². The lowest BCUT2D eigenvalue weighted by molar-refractivity contribution is 0.0944. The van der Waals surface area contributed by atoms with Crippen LogP contribution in [-0.4, -0.2) is 29.5 Å². The van der Waals surface area contributed by atoms with Gasteiger partial charge in [-0.2, -0.15) is 0 Å². The maximum absolute atomic E-state index is 12.0. The number of nitrogens with one attached hydrogen (secondary N) is 2. The van der Waals surface area contributed by atoms with Crippen molar-refractivity contribution >= 4 is 17.4 Å². The molecule has 6 heteroatoms. The fourth-order valence-corrected chi connectivity index (χ4v) is 1.76. The normalized spacial score (nSPS) is 10.4. The van der Waals surface area contributed by atoms with Crippen LogP contribution in [0.1, 0.15) is 24.3 Å². The fraction of sp³-hybridized carbons (Fsp3) is 0.312. The van der Waals surface area contributed by atoms with Gasteiger partial charge in [0, 0.05) is 18.3 Å². The van der Waals surface area contributed by atoms with Crippen molar-refractivity contribution in [2.24, 2.45) is 5.92 Å². The van der Waals surface area contributed by atoms with Crippen molar-refractivity contribution in [3.8, 4) is 5.75 Å². The Morgan fingerprint density at radius 1 is 1.23 bits per heavy atom. The second-order valence-electron chi connectivity index (χ2n) is 5.25. The van der Waals surface area contributed by atoms with E-state index < -0.39 is 0 Å². The summed E-state index contributed by atoms with van der Waals surface area (Å²) in [6, 6.07) is 9.07. The average Bonchev–Trinajstić information content (AvgIpc) is 2.53. The van der Waals surface area contributed by atoms with E-state index in [1.807, 2.05) is 38.1 Å². The number of hydrogen-bond acceptors (Lipinski definition) is 5. The van der Waals surface area contributed by atoms with Gasteiger partial charge in [-0.25, -0.2) is 9.97 Å². The Balaban J connectivity index is 2.05. The van der Waals surface area contributed by atoms with Gasteiger partial charge in [0.1, 0.15) is 23.6 Å². The van der Waals surface area contributed by atoms with Crippen molar-refractivity contribution in [1.29, 1.82) is 0 Å². The molecule has 1 aromatic carbocycles. The molecule has 2 rings (SSSR count). The Morgan fingerprint density at radius 3 is 2.59 bits per heavy atom. The van der Waals surface area contributed by atoms with Gasteiger partial charge in [-0.1, -0.05) is 13.8 Å². The molecular weight excluding hydrogens is 280 g/mol. The highest BCUT2D eigenvalue weighted by atomic mass is 16.5. The number of ether oxygens (including phenoxy) is 1. The fourth-order valence-electron chi connectivity index (χ4n) is 1.76. The molecule has 0 radical (unpaired) electrons. The zero-order chi connectivity index (χ0) is 15.9. The zero-order valence-corrected chi connectivity index (χ0v) is 13.0. The number of rotatable bonds is 6. The molecule has 1 aromatic heterocycles. The molecule has 0 aliphatic carbocycles. The zero-order valence-electron chi connectivity index (χ0n) is 13.0. The molecule has 0 aliphatic heterocycles.